The van der Waals surface area contributed by atoms with Gasteiger partial charge in [0, 0.05) is 35.5 Å². The fraction of sp³-hybridized carbons (Fsp3) is 0.0606. The van der Waals surface area contributed by atoms with E-state index in [0.29, 0.717) is 33.4 Å². The van der Waals surface area contributed by atoms with Crippen molar-refractivity contribution in [2.24, 2.45) is 0 Å². The normalized spacial score (nSPS) is 11.8. The first-order valence-electron chi connectivity index (χ1n) is 13.6. The molecule has 1 atom stereocenters. The van der Waals surface area contributed by atoms with Crippen LogP contribution in [-0.4, -0.2) is 34.7 Å². The van der Waals surface area contributed by atoms with Crippen LogP contribution in [-0.2, 0) is 0 Å². The second-order valence-electron chi connectivity index (χ2n) is 10.00. The van der Waals surface area contributed by atoms with Gasteiger partial charge in [-0.25, -0.2) is 14.0 Å². The number of nitrogens with two attached hydrogens (primary N) is 1. The van der Waals surface area contributed by atoms with Crippen LogP contribution < -0.4 is 16.6 Å². The Balaban J connectivity index is 1.35. The first-order chi connectivity index (χ1) is 21.0. The van der Waals surface area contributed by atoms with E-state index in [4.69, 9.17) is 5.73 Å². The zero-order valence-corrected chi connectivity index (χ0v) is 23.0. The number of nitrogens with zero attached hydrogens (tertiary/aromatic N) is 6. The largest absolute Gasteiger partial charge is 0.381 e. The van der Waals surface area contributed by atoms with Crippen LogP contribution in [0.3, 0.4) is 0 Å². The number of nitrogens with one attached hydrogen (secondary N) is 1. The molecule has 43 heavy (non-hydrogen) atoms. The van der Waals surface area contributed by atoms with E-state index < -0.39 is 11.9 Å². The van der Waals surface area contributed by atoms with Gasteiger partial charge in [-0.05, 0) is 54.8 Å². The molecule has 0 spiro atoms. The molecule has 10 nitrogen and oxygen atoms in total. The molecule has 1 amide bonds. The maximum Gasteiger partial charge on any atom is 0.264 e. The molecule has 0 unspecified atom stereocenters. The minimum absolute atomic E-state index is 0.0665. The average Bonchev–Trinajstić information content (AvgIpc) is 3.60. The molecule has 0 aliphatic rings. The van der Waals surface area contributed by atoms with Crippen LogP contribution >= 0.6 is 0 Å². The molecule has 5 aromatic heterocycles. The molecule has 0 bridgehead atoms. The molecule has 7 aromatic rings. The molecule has 3 N–H and O–H groups in total. The Bertz CT molecular complexity index is 2300. The summed E-state index contributed by atoms with van der Waals surface area (Å²) >= 11 is 0. The van der Waals surface area contributed by atoms with E-state index >= 15 is 0 Å². The lowest BCUT2D eigenvalue weighted by Crippen LogP contribution is -2.32. The second kappa shape index (κ2) is 10.3. The number of fused-ring (bicyclic) bond motifs is 3. The number of hydrogen-bond acceptors (Lipinski definition) is 6. The van der Waals surface area contributed by atoms with E-state index in [2.05, 4.69) is 32.3 Å². The molecule has 0 radical (unpaired) electrons. The van der Waals surface area contributed by atoms with Crippen molar-refractivity contribution < 1.29 is 4.79 Å². The van der Waals surface area contributed by atoms with E-state index in [0.717, 1.165) is 11.1 Å². The fourth-order valence-corrected chi connectivity index (χ4v) is 5.28. The Morgan fingerprint density at radius 1 is 0.930 bits per heavy atom. The summed E-state index contributed by atoms with van der Waals surface area (Å²) in [6.07, 6.45) is 6.82. The van der Waals surface area contributed by atoms with Crippen molar-refractivity contribution >= 4 is 33.7 Å². The molecule has 2 aromatic carbocycles. The summed E-state index contributed by atoms with van der Waals surface area (Å²) in [5.41, 5.74) is 9.85. The average molecular weight is 565 g/mol. The molecular weight excluding hydrogens is 540 g/mol. The van der Waals surface area contributed by atoms with Crippen LogP contribution in [0.1, 0.15) is 40.1 Å². The van der Waals surface area contributed by atoms with Crippen LogP contribution in [0.25, 0.3) is 27.6 Å². The van der Waals surface area contributed by atoms with E-state index in [1.807, 2.05) is 85.9 Å². The second-order valence-corrected chi connectivity index (χ2v) is 10.00. The standard InChI is InChI=1S/C33H24N8O2/c1-21(37-32(42)29-30(34)38-40-18-8-16-35-31(29)40)27-19-23-10-7-9-22(14-15-24-20-36-39-17-6-5-13-26(24)39)28(23)33(43)41(27)25-11-3-2-4-12-25/h2-13,16-21H,1H3,(H2,34,38)(H,37,42)/t21-/m1/s1. The van der Waals surface area contributed by atoms with Crippen LogP contribution in [0.2, 0.25) is 0 Å². The van der Waals surface area contributed by atoms with Gasteiger partial charge in [-0.1, -0.05) is 48.2 Å². The topological polar surface area (TPSA) is 125 Å². The molecule has 0 fully saturated rings. The van der Waals surface area contributed by atoms with Crippen LogP contribution in [0, 0.1) is 11.8 Å². The first kappa shape index (κ1) is 25.7. The van der Waals surface area contributed by atoms with E-state index in [-0.39, 0.29) is 16.9 Å². The van der Waals surface area contributed by atoms with Crippen LogP contribution in [0.4, 0.5) is 5.82 Å². The van der Waals surface area contributed by atoms with Crippen molar-refractivity contribution in [3.63, 3.8) is 0 Å². The van der Waals surface area contributed by atoms with Gasteiger partial charge in [0.25, 0.3) is 11.5 Å². The van der Waals surface area contributed by atoms with Gasteiger partial charge in [0.15, 0.2) is 11.5 Å². The molecule has 7 rings (SSSR count). The highest BCUT2D eigenvalue weighted by Gasteiger charge is 2.24. The number of nitrogen functional groups attached to an aromatic ring is 1. The third-order valence-corrected chi connectivity index (χ3v) is 7.29. The number of rotatable bonds is 4. The number of carbonyl (C=O) groups excluding carboxylic acids is 1. The van der Waals surface area contributed by atoms with Crippen molar-refractivity contribution in [1.29, 1.82) is 0 Å². The smallest absolute Gasteiger partial charge is 0.264 e. The van der Waals surface area contributed by atoms with Crippen molar-refractivity contribution in [2.75, 3.05) is 5.73 Å². The van der Waals surface area contributed by atoms with Crippen LogP contribution in [0.5, 0.6) is 0 Å². The highest BCUT2D eigenvalue weighted by molar-refractivity contribution is 6.04. The monoisotopic (exact) mass is 564 g/mol. The summed E-state index contributed by atoms with van der Waals surface area (Å²) in [6, 6.07) is 23.7. The van der Waals surface area contributed by atoms with E-state index in [9.17, 15) is 9.59 Å². The summed E-state index contributed by atoms with van der Waals surface area (Å²) in [4.78, 5) is 32.1. The number of hydrogen-bond donors (Lipinski definition) is 2. The van der Waals surface area contributed by atoms with Crippen molar-refractivity contribution in [3.05, 3.63) is 136 Å². The van der Waals surface area contributed by atoms with E-state index in [1.54, 1.807) is 33.7 Å². The highest BCUT2D eigenvalue weighted by atomic mass is 16.2. The SMILES string of the molecule is C[C@@H](NC(=O)c1c(N)nn2cccnc12)c1cc2cccc(C#Cc3cnn4ccccc34)c2c(=O)n1-c1ccccc1. The zero-order chi connectivity index (χ0) is 29.5. The molecule has 0 saturated heterocycles. The van der Waals surface area contributed by atoms with Gasteiger partial charge in [0.05, 0.1) is 28.7 Å². The number of carbonyl (C=O) groups is 1. The number of benzene rings is 2. The van der Waals surface area contributed by atoms with Crippen molar-refractivity contribution in [2.45, 2.75) is 13.0 Å². The highest BCUT2D eigenvalue weighted by Crippen LogP contribution is 2.24. The third-order valence-electron chi connectivity index (χ3n) is 7.29. The Hall–Kier alpha value is -6.21. The summed E-state index contributed by atoms with van der Waals surface area (Å²) in [5, 5.41) is 12.7. The number of pyridine rings is 2. The lowest BCUT2D eigenvalue weighted by molar-refractivity contribution is 0.0941. The minimum Gasteiger partial charge on any atom is -0.381 e. The maximum atomic E-state index is 14.3. The molecule has 0 saturated carbocycles. The molecule has 5 heterocycles. The number of aromatic nitrogens is 6. The minimum atomic E-state index is -0.587. The summed E-state index contributed by atoms with van der Waals surface area (Å²) < 4.78 is 4.83. The van der Waals surface area contributed by atoms with Gasteiger partial charge in [0.2, 0.25) is 0 Å². The number of amides is 1. The molecule has 0 aliphatic carbocycles. The lowest BCUT2D eigenvalue weighted by Gasteiger charge is -2.21. The Morgan fingerprint density at radius 2 is 1.72 bits per heavy atom. The Labute approximate surface area is 245 Å². The quantitative estimate of drug-likeness (QED) is 0.310. The first-order valence-corrected chi connectivity index (χ1v) is 13.6. The summed E-state index contributed by atoms with van der Waals surface area (Å²) in [6.45, 7) is 1.82. The molecule has 0 aliphatic heterocycles. The van der Waals surface area contributed by atoms with Gasteiger partial charge in [-0.15, -0.1) is 5.10 Å². The zero-order valence-electron chi connectivity index (χ0n) is 23.0. The van der Waals surface area contributed by atoms with Crippen molar-refractivity contribution in [3.8, 4) is 17.5 Å². The lowest BCUT2D eigenvalue weighted by atomic mass is 10.0. The van der Waals surface area contributed by atoms with E-state index in [1.165, 1.54) is 4.52 Å². The third kappa shape index (κ3) is 4.45. The molecule has 208 valence electrons. The Morgan fingerprint density at radius 3 is 2.58 bits per heavy atom. The Kier molecular flexibility index (Phi) is 6.18. The molecule has 10 heteroatoms. The summed E-state index contributed by atoms with van der Waals surface area (Å²) in [5.74, 6) is 6.03. The fourth-order valence-electron chi connectivity index (χ4n) is 5.28. The summed E-state index contributed by atoms with van der Waals surface area (Å²) in [7, 11) is 0. The predicted octanol–water partition coefficient (Wildman–Crippen LogP) is 4.15. The molecular formula is C33H24N8O2. The number of anilines is 1. The van der Waals surface area contributed by atoms with Gasteiger partial charge in [-0.3, -0.25) is 14.2 Å². The van der Waals surface area contributed by atoms with Gasteiger partial charge in [0.1, 0.15) is 5.56 Å². The van der Waals surface area contributed by atoms with Gasteiger partial charge in [-0.2, -0.15) is 5.10 Å². The van der Waals surface area contributed by atoms with Crippen molar-refractivity contribution in [1.82, 2.24) is 34.1 Å². The predicted molar refractivity (Wildman–Crippen MR) is 164 cm³/mol. The van der Waals surface area contributed by atoms with Gasteiger partial charge >= 0.3 is 0 Å². The van der Waals surface area contributed by atoms with Gasteiger partial charge < -0.3 is 11.1 Å². The maximum absolute atomic E-state index is 14.3. The number of para-hydroxylation sites is 1. The van der Waals surface area contributed by atoms with Crippen LogP contribution in [0.15, 0.2) is 108 Å².